The van der Waals surface area contributed by atoms with E-state index in [1.165, 1.54) is 12.1 Å². The number of pyridine rings is 3. The number of halogens is 1. The van der Waals surface area contributed by atoms with Gasteiger partial charge < -0.3 is 15.4 Å². The fourth-order valence-corrected chi connectivity index (χ4v) is 4.75. The van der Waals surface area contributed by atoms with E-state index in [1.54, 1.807) is 30.9 Å². The summed E-state index contributed by atoms with van der Waals surface area (Å²) in [4.78, 5) is 29.1. The lowest BCUT2D eigenvalue weighted by atomic mass is 9.92. The Bertz CT molecular complexity index is 1880. The minimum atomic E-state index is -0.527. The number of nitrogens with zero attached hydrogens (tertiary/aromatic N) is 4. The molecule has 6 aromatic rings. The number of aromatic amines is 2. The van der Waals surface area contributed by atoms with Crippen molar-refractivity contribution in [1.82, 2.24) is 30.1 Å². The first kappa shape index (κ1) is 25.2. The standard InChI is InChI=1S/C30H26FN7O2/c1-30(2,3)12-27(40)35-19-7-17(13-32-14-19)24-11-23-26(15-34-24)37-38-28(23)25-10-22-21(4-5-33-29(22)36-25)16-6-18(31)9-20(39)8-16/h4-11,13-15,39H,12H2,1-3H3,(H,33,36)(H,35,40)(H,37,38). The molecule has 0 aliphatic heterocycles. The van der Waals surface area contributed by atoms with Crippen molar-refractivity contribution in [3.63, 3.8) is 0 Å². The second kappa shape index (κ2) is 9.57. The Labute approximate surface area is 228 Å². The van der Waals surface area contributed by atoms with Gasteiger partial charge in [-0.25, -0.2) is 9.37 Å². The summed E-state index contributed by atoms with van der Waals surface area (Å²) in [6.07, 6.45) is 7.03. The van der Waals surface area contributed by atoms with Gasteiger partial charge in [0.15, 0.2) is 0 Å². The number of nitrogens with one attached hydrogen (secondary N) is 3. The highest BCUT2D eigenvalue weighted by molar-refractivity contribution is 6.00. The zero-order valence-corrected chi connectivity index (χ0v) is 22.1. The number of aromatic nitrogens is 6. The van der Waals surface area contributed by atoms with Crippen molar-refractivity contribution in [2.24, 2.45) is 5.41 Å². The van der Waals surface area contributed by atoms with Crippen LogP contribution < -0.4 is 5.32 Å². The molecule has 0 saturated heterocycles. The Balaban J connectivity index is 1.37. The van der Waals surface area contributed by atoms with Crippen LogP contribution in [0.2, 0.25) is 0 Å². The van der Waals surface area contributed by atoms with Crippen molar-refractivity contribution in [2.45, 2.75) is 27.2 Å². The number of fused-ring (bicyclic) bond motifs is 2. The fraction of sp³-hybridized carbons (Fsp3) is 0.167. The highest BCUT2D eigenvalue weighted by atomic mass is 19.1. The molecular formula is C30H26FN7O2. The maximum absolute atomic E-state index is 14.0. The summed E-state index contributed by atoms with van der Waals surface area (Å²) in [5.41, 5.74) is 5.85. The van der Waals surface area contributed by atoms with Crippen molar-refractivity contribution in [3.8, 4) is 39.5 Å². The average molecular weight is 536 g/mol. The predicted molar refractivity (Wildman–Crippen MR) is 152 cm³/mol. The Morgan fingerprint density at radius 1 is 1.00 bits per heavy atom. The van der Waals surface area contributed by atoms with Crippen molar-refractivity contribution in [1.29, 1.82) is 0 Å². The molecule has 0 aliphatic carbocycles. The van der Waals surface area contributed by atoms with Gasteiger partial charge in [-0.15, -0.1) is 0 Å². The number of amides is 1. The number of phenolic OH excluding ortho intramolecular Hbond substituents is 1. The molecular weight excluding hydrogens is 509 g/mol. The highest BCUT2D eigenvalue weighted by Gasteiger charge is 2.18. The number of rotatable bonds is 5. The summed E-state index contributed by atoms with van der Waals surface area (Å²) in [6.45, 7) is 6.04. The minimum Gasteiger partial charge on any atom is -0.508 e. The van der Waals surface area contributed by atoms with Crippen LogP contribution in [0.25, 0.3) is 55.7 Å². The molecule has 4 N–H and O–H groups in total. The lowest BCUT2D eigenvalue weighted by molar-refractivity contribution is -0.117. The third kappa shape index (κ3) is 4.98. The number of carbonyl (C=O) groups is 1. The predicted octanol–water partition coefficient (Wildman–Crippen LogP) is 6.45. The number of H-pyrrole nitrogens is 2. The Hall–Kier alpha value is -5.12. The van der Waals surface area contributed by atoms with Crippen molar-refractivity contribution in [3.05, 3.63) is 73.1 Å². The van der Waals surface area contributed by atoms with E-state index in [-0.39, 0.29) is 17.1 Å². The minimum absolute atomic E-state index is 0.0766. The van der Waals surface area contributed by atoms with E-state index in [0.717, 1.165) is 33.5 Å². The normalized spacial score (nSPS) is 11.8. The maximum Gasteiger partial charge on any atom is 0.224 e. The van der Waals surface area contributed by atoms with Crippen LogP contribution in [0, 0.1) is 11.2 Å². The molecule has 0 atom stereocenters. The van der Waals surface area contributed by atoms with E-state index >= 15 is 0 Å². The van der Waals surface area contributed by atoms with Crippen molar-refractivity contribution in [2.75, 3.05) is 5.32 Å². The second-order valence-electron chi connectivity index (χ2n) is 10.9. The first-order valence-corrected chi connectivity index (χ1v) is 12.7. The number of anilines is 1. The molecule has 0 unspecified atom stereocenters. The van der Waals surface area contributed by atoms with Gasteiger partial charge in [0.1, 0.15) is 22.9 Å². The van der Waals surface area contributed by atoms with Gasteiger partial charge in [0, 0.05) is 41.2 Å². The summed E-state index contributed by atoms with van der Waals surface area (Å²) >= 11 is 0. The summed E-state index contributed by atoms with van der Waals surface area (Å²) in [7, 11) is 0. The van der Waals surface area contributed by atoms with Gasteiger partial charge >= 0.3 is 0 Å². The van der Waals surface area contributed by atoms with E-state index in [2.05, 4.69) is 35.5 Å². The first-order chi connectivity index (χ1) is 19.1. The molecule has 6 rings (SSSR count). The summed E-state index contributed by atoms with van der Waals surface area (Å²) in [5.74, 6) is -0.755. The van der Waals surface area contributed by atoms with Crippen LogP contribution in [-0.2, 0) is 4.79 Å². The molecule has 0 saturated carbocycles. The van der Waals surface area contributed by atoms with Gasteiger partial charge in [-0.2, -0.15) is 5.10 Å². The lowest BCUT2D eigenvalue weighted by Gasteiger charge is -2.17. The van der Waals surface area contributed by atoms with Gasteiger partial charge in [0.25, 0.3) is 0 Å². The molecule has 200 valence electrons. The Kier molecular flexibility index (Phi) is 6.02. The quantitative estimate of drug-likeness (QED) is 0.201. The smallest absolute Gasteiger partial charge is 0.224 e. The van der Waals surface area contributed by atoms with Crippen molar-refractivity contribution < 1.29 is 14.3 Å². The Morgan fingerprint density at radius 3 is 2.65 bits per heavy atom. The van der Waals surface area contributed by atoms with Gasteiger partial charge in [0.05, 0.1) is 35.0 Å². The summed E-state index contributed by atoms with van der Waals surface area (Å²) < 4.78 is 14.0. The van der Waals surface area contributed by atoms with Crippen LogP contribution in [0.15, 0.2) is 67.3 Å². The van der Waals surface area contributed by atoms with E-state index < -0.39 is 5.82 Å². The number of hydrogen-bond donors (Lipinski definition) is 4. The number of aromatic hydroxyl groups is 1. The van der Waals surface area contributed by atoms with Crippen LogP contribution in [0.4, 0.5) is 10.1 Å². The molecule has 10 heteroatoms. The molecule has 40 heavy (non-hydrogen) atoms. The van der Waals surface area contributed by atoms with Crippen LogP contribution in [0.1, 0.15) is 27.2 Å². The van der Waals surface area contributed by atoms with E-state index in [9.17, 15) is 14.3 Å². The van der Waals surface area contributed by atoms with E-state index in [0.29, 0.717) is 40.4 Å². The molecule has 9 nitrogen and oxygen atoms in total. The lowest BCUT2D eigenvalue weighted by Crippen LogP contribution is -2.19. The molecule has 0 fully saturated rings. The largest absolute Gasteiger partial charge is 0.508 e. The van der Waals surface area contributed by atoms with Gasteiger partial charge in [-0.05, 0) is 52.9 Å². The van der Waals surface area contributed by atoms with Gasteiger partial charge in [-0.3, -0.25) is 19.9 Å². The number of hydrogen-bond acceptors (Lipinski definition) is 6. The topological polar surface area (TPSA) is 132 Å². The summed E-state index contributed by atoms with van der Waals surface area (Å²) in [5, 5.41) is 22.0. The number of carbonyl (C=O) groups excluding carboxylic acids is 1. The van der Waals surface area contributed by atoms with Crippen molar-refractivity contribution >= 4 is 33.5 Å². The first-order valence-electron chi connectivity index (χ1n) is 12.7. The molecule has 5 heterocycles. The molecule has 0 aliphatic rings. The molecule has 0 bridgehead atoms. The molecule has 1 amide bonds. The van der Waals surface area contributed by atoms with Gasteiger partial charge in [0.2, 0.25) is 5.91 Å². The fourth-order valence-electron chi connectivity index (χ4n) is 4.75. The second-order valence-corrected chi connectivity index (χ2v) is 10.9. The number of phenols is 1. The molecule has 0 radical (unpaired) electrons. The zero-order chi connectivity index (χ0) is 28.0. The SMILES string of the molecule is CC(C)(C)CC(=O)Nc1cncc(-c2cc3c(-c4cc5c(-c6cc(O)cc(F)c6)ccnc5[nH]4)n[nH]c3cn2)c1. The maximum atomic E-state index is 14.0. The number of benzene rings is 1. The zero-order valence-electron chi connectivity index (χ0n) is 22.1. The molecule has 1 aromatic carbocycles. The van der Waals surface area contributed by atoms with Crippen LogP contribution in [-0.4, -0.2) is 41.1 Å². The average Bonchev–Trinajstić information content (AvgIpc) is 3.50. The molecule has 0 spiro atoms. The van der Waals surface area contributed by atoms with Gasteiger partial charge in [-0.1, -0.05) is 20.8 Å². The summed E-state index contributed by atoms with van der Waals surface area (Å²) in [6, 6.07) is 11.4. The van der Waals surface area contributed by atoms with Crippen LogP contribution in [0.3, 0.4) is 0 Å². The third-order valence-electron chi connectivity index (χ3n) is 6.44. The highest BCUT2D eigenvalue weighted by Crippen LogP contribution is 2.35. The third-order valence-corrected chi connectivity index (χ3v) is 6.44. The Morgan fingerprint density at radius 2 is 1.85 bits per heavy atom. The monoisotopic (exact) mass is 535 g/mol. The molecule has 5 aromatic heterocycles. The van der Waals surface area contributed by atoms with E-state index in [4.69, 9.17) is 0 Å². The van der Waals surface area contributed by atoms with Crippen LogP contribution in [0.5, 0.6) is 5.75 Å². The van der Waals surface area contributed by atoms with Crippen LogP contribution >= 0.6 is 0 Å². The van der Waals surface area contributed by atoms with E-state index in [1.807, 2.05) is 39.0 Å².